The summed E-state index contributed by atoms with van der Waals surface area (Å²) in [6, 6.07) is -0.806. The Morgan fingerprint density at radius 3 is 2.59 bits per heavy atom. The van der Waals surface area contributed by atoms with Gasteiger partial charge in [-0.15, -0.1) is 0 Å². The van der Waals surface area contributed by atoms with Gasteiger partial charge in [0.1, 0.15) is 5.60 Å². The highest BCUT2D eigenvalue weighted by Crippen LogP contribution is 2.38. The minimum Gasteiger partial charge on any atom is -0.479 e. The molecular weight excluding hydrogens is 286 g/mol. The van der Waals surface area contributed by atoms with E-state index in [9.17, 15) is 14.7 Å². The molecule has 1 aliphatic rings. The molecule has 1 aliphatic carbocycles. The second-order valence-corrected chi connectivity index (χ2v) is 6.46. The molecule has 0 aromatic carbocycles. The van der Waals surface area contributed by atoms with E-state index in [0.29, 0.717) is 5.69 Å². The van der Waals surface area contributed by atoms with Gasteiger partial charge in [0.05, 0.1) is 18.2 Å². The van der Waals surface area contributed by atoms with E-state index in [1.807, 2.05) is 4.57 Å². The fourth-order valence-corrected chi connectivity index (χ4v) is 2.34. The average molecular weight is 309 g/mol. The minimum atomic E-state index is -1.09. The molecule has 0 saturated heterocycles. The maximum absolute atomic E-state index is 12.3. The Balaban J connectivity index is 2.30. The van der Waals surface area contributed by atoms with Crippen molar-refractivity contribution < 1.29 is 19.4 Å². The van der Waals surface area contributed by atoms with Gasteiger partial charge >= 0.3 is 12.1 Å². The van der Waals surface area contributed by atoms with Crippen molar-refractivity contribution in [1.82, 2.24) is 14.5 Å². The van der Waals surface area contributed by atoms with Crippen molar-refractivity contribution in [2.45, 2.75) is 58.2 Å². The second-order valence-electron chi connectivity index (χ2n) is 6.46. The topological polar surface area (TPSA) is 84.7 Å². The van der Waals surface area contributed by atoms with E-state index >= 15 is 0 Å². The molecule has 1 saturated carbocycles. The van der Waals surface area contributed by atoms with Gasteiger partial charge in [-0.25, -0.2) is 14.6 Å². The Morgan fingerprint density at radius 2 is 2.14 bits per heavy atom. The van der Waals surface area contributed by atoms with E-state index in [-0.39, 0.29) is 12.6 Å². The SMILES string of the molecule is CCN(C(=O)OC(C)(C)C)C(C(=O)O)c1cncn1C1CC1. The van der Waals surface area contributed by atoms with Crippen LogP contribution in [0.3, 0.4) is 0 Å². The van der Waals surface area contributed by atoms with Crippen LogP contribution in [0.5, 0.6) is 0 Å². The summed E-state index contributed by atoms with van der Waals surface area (Å²) in [5.74, 6) is -1.09. The lowest BCUT2D eigenvalue weighted by Gasteiger charge is -2.31. The second kappa shape index (κ2) is 5.98. The van der Waals surface area contributed by atoms with E-state index in [4.69, 9.17) is 4.74 Å². The largest absolute Gasteiger partial charge is 0.479 e. The number of rotatable bonds is 5. The number of amides is 1. The quantitative estimate of drug-likeness (QED) is 0.903. The molecule has 1 aromatic rings. The molecule has 7 nitrogen and oxygen atoms in total. The maximum atomic E-state index is 12.3. The number of carbonyl (C=O) groups is 2. The van der Waals surface area contributed by atoms with E-state index in [1.165, 1.54) is 11.1 Å². The van der Waals surface area contributed by atoms with Crippen LogP contribution in [0.2, 0.25) is 0 Å². The first kappa shape index (κ1) is 16.3. The van der Waals surface area contributed by atoms with Crippen LogP contribution < -0.4 is 0 Å². The Bertz CT molecular complexity index is 557. The summed E-state index contributed by atoms with van der Waals surface area (Å²) in [4.78, 5) is 29.4. The molecule has 7 heteroatoms. The Hall–Kier alpha value is -2.05. The molecule has 1 N–H and O–H groups in total. The number of nitrogens with zero attached hydrogens (tertiary/aromatic N) is 3. The van der Waals surface area contributed by atoms with Crippen LogP contribution in [-0.2, 0) is 9.53 Å². The highest BCUT2D eigenvalue weighted by molar-refractivity contribution is 5.81. The molecule has 1 fully saturated rings. The zero-order chi connectivity index (χ0) is 16.5. The third-order valence-electron chi connectivity index (χ3n) is 3.43. The van der Waals surface area contributed by atoms with Gasteiger partial charge in [-0.2, -0.15) is 0 Å². The normalized spacial score (nSPS) is 16.2. The highest BCUT2D eigenvalue weighted by Gasteiger charge is 2.37. The molecule has 1 atom stereocenters. The lowest BCUT2D eigenvalue weighted by molar-refractivity contribution is -0.143. The van der Waals surface area contributed by atoms with Gasteiger partial charge in [-0.3, -0.25) is 4.90 Å². The van der Waals surface area contributed by atoms with Crippen LogP contribution in [0.1, 0.15) is 58.3 Å². The van der Waals surface area contributed by atoms with Crippen LogP contribution in [0, 0.1) is 0 Å². The highest BCUT2D eigenvalue weighted by atomic mass is 16.6. The number of aromatic nitrogens is 2. The summed E-state index contributed by atoms with van der Waals surface area (Å²) in [6.07, 6.45) is 4.53. The molecule has 22 heavy (non-hydrogen) atoms. The standard InChI is InChI=1S/C15H23N3O4/c1-5-17(14(21)22-15(2,3)4)12(13(19)20)11-8-16-9-18(11)10-6-7-10/h8-10,12H,5-7H2,1-4H3,(H,19,20). The van der Waals surface area contributed by atoms with E-state index in [2.05, 4.69) is 4.98 Å². The zero-order valence-corrected chi connectivity index (χ0v) is 13.4. The summed E-state index contributed by atoms with van der Waals surface area (Å²) in [6.45, 7) is 7.23. The molecule has 1 aromatic heterocycles. The van der Waals surface area contributed by atoms with Crippen molar-refractivity contribution in [2.75, 3.05) is 6.54 Å². The van der Waals surface area contributed by atoms with Crippen molar-refractivity contribution in [2.24, 2.45) is 0 Å². The number of carboxylic acids is 1. The first-order chi connectivity index (χ1) is 10.2. The third kappa shape index (κ3) is 3.58. The number of carbonyl (C=O) groups excluding carboxylic acids is 1. The van der Waals surface area contributed by atoms with Crippen molar-refractivity contribution in [1.29, 1.82) is 0 Å². The summed E-state index contributed by atoms with van der Waals surface area (Å²) >= 11 is 0. The van der Waals surface area contributed by atoms with Crippen molar-refractivity contribution >= 4 is 12.1 Å². The summed E-state index contributed by atoms with van der Waals surface area (Å²) < 4.78 is 7.18. The van der Waals surface area contributed by atoms with Crippen LogP contribution in [0.15, 0.2) is 12.5 Å². The average Bonchev–Trinajstić information content (AvgIpc) is 3.12. The van der Waals surface area contributed by atoms with Gasteiger partial charge in [0, 0.05) is 12.6 Å². The van der Waals surface area contributed by atoms with Crippen molar-refractivity contribution in [3.05, 3.63) is 18.2 Å². The van der Waals surface area contributed by atoms with Gasteiger partial charge in [0.25, 0.3) is 0 Å². The maximum Gasteiger partial charge on any atom is 0.411 e. The number of hydrogen-bond acceptors (Lipinski definition) is 4. The van der Waals surface area contributed by atoms with E-state index in [1.54, 1.807) is 34.0 Å². The Morgan fingerprint density at radius 1 is 1.50 bits per heavy atom. The molecule has 1 unspecified atom stereocenters. The van der Waals surface area contributed by atoms with Gasteiger partial charge in [-0.05, 0) is 40.5 Å². The van der Waals surface area contributed by atoms with Crippen molar-refractivity contribution in [3.8, 4) is 0 Å². The lowest BCUT2D eigenvalue weighted by Crippen LogP contribution is -2.42. The molecule has 2 rings (SSSR count). The predicted octanol–water partition coefficient (Wildman–Crippen LogP) is 2.60. The number of ether oxygens (including phenoxy) is 1. The number of hydrogen-bond donors (Lipinski definition) is 1. The number of likely N-dealkylation sites (N-methyl/N-ethyl adjacent to an activating group) is 1. The molecule has 122 valence electrons. The third-order valence-corrected chi connectivity index (χ3v) is 3.43. The molecule has 1 heterocycles. The van der Waals surface area contributed by atoms with Crippen LogP contribution >= 0.6 is 0 Å². The van der Waals surface area contributed by atoms with Gasteiger partial charge in [-0.1, -0.05) is 0 Å². The molecule has 0 spiro atoms. The predicted molar refractivity (Wildman–Crippen MR) is 79.5 cm³/mol. The van der Waals surface area contributed by atoms with E-state index < -0.39 is 23.7 Å². The van der Waals surface area contributed by atoms with Crippen LogP contribution in [-0.4, -0.2) is 43.8 Å². The monoisotopic (exact) mass is 309 g/mol. The lowest BCUT2D eigenvalue weighted by atomic mass is 10.1. The smallest absolute Gasteiger partial charge is 0.411 e. The van der Waals surface area contributed by atoms with Gasteiger partial charge in [0.2, 0.25) is 0 Å². The van der Waals surface area contributed by atoms with Crippen LogP contribution in [0.25, 0.3) is 0 Å². The first-order valence-electron chi connectivity index (χ1n) is 7.48. The summed E-state index contributed by atoms with van der Waals surface area (Å²) in [7, 11) is 0. The fraction of sp³-hybridized carbons (Fsp3) is 0.667. The number of aliphatic carboxylic acids is 1. The molecular formula is C15H23N3O4. The van der Waals surface area contributed by atoms with E-state index in [0.717, 1.165) is 12.8 Å². The Labute approximate surface area is 129 Å². The first-order valence-corrected chi connectivity index (χ1v) is 7.48. The van der Waals surface area contributed by atoms with Gasteiger partial charge in [0.15, 0.2) is 6.04 Å². The fourth-order valence-electron chi connectivity index (χ4n) is 2.34. The summed E-state index contributed by atoms with van der Waals surface area (Å²) in [5, 5.41) is 9.63. The molecule has 0 aliphatic heterocycles. The van der Waals surface area contributed by atoms with Crippen LogP contribution in [0.4, 0.5) is 4.79 Å². The number of imidazole rings is 1. The molecule has 1 amide bonds. The molecule has 0 bridgehead atoms. The van der Waals surface area contributed by atoms with Gasteiger partial charge < -0.3 is 14.4 Å². The molecule has 0 radical (unpaired) electrons. The van der Waals surface area contributed by atoms with Crippen molar-refractivity contribution in [3.63, 3.8) is 0 Å². The Kier molecular flexibility index (Phi) is 4.44. The zero-order valence-electron chi connectivity index (χ0n) is 13.4. The summed E-state index contributed by atoms with van der Waals surface area (Å²) in [5.41, 5.74) is -0.160. The number of carboxylic acid groups (broad SMARTS) is 1. The minimum absolute atomic E-state index is 0.238.